The number of rotatable bonds is 1. The highest BCUT2D eigenvalue weighted by Crippen LogP contribution is 2.33. The minimum Gasteiger partial charge on any atom is -0.393 e. The van der Waals surface area contributed by atoms with Crippen molar-refractivity contribution >= 4 is 17.1 Å². The number of thiazole rings is 1. The molecule has 0 saturated heterocycles. The molecule has 1 aromatic heterocycles. The van der Waals surface area contributed by atoms with Crippen LogP contribution in [0.25, 0.3) is 0 Å². The van der Waals surface area contributed by atoms with Crippen molar-refractivity contribution in [3.63, 3.8) is 0 Å². The fourth-order valence-electron chi connectivity index (χ4n) is 1.82. The third kappa shape index (κ3) is 1.86. The summed E-state index contributed by atoms with van der Waals surface area (Å²) in [5, 5.41) is 10.5. The molecule has 0 spiro atoms. The van der Waals surface area contributed by atoms with E-state index in [2.05, 4.69) is 4.98 Å². The third-order valence-electron chi connectivity index (χ3n) is 2.60. The Labute approximate surface area is 86.8 Å². The van der Waals surface area contributed by atoms with Crippen LogP contribution in [0, 0.1) is 6.92 Å². The van der Waals surface area contributed by atoms with Gasteiger partial charge in [0.25, 0.3) is 0 Å². The number of aliphatic hydroxyl groups excluding tert-OH is 1. The lowest BCUT2D eigenvalue weighted by Gasteiger charge is -2.23. The minimum absolute atomic E-state index is 0.107. The molecular weight excluding hydrogens is 198 g/mol. The van der Waals surface area contributed by atoms with Gasteiger partial charge in [0.1, 0.15) is 5.78 Å². The first-order chi connectivity index (χ1) is 6.66. The number of aliphatic hydroxyl groups is 1. The maximum Gasteiger partial charge on any atom is 0.141 e. The average Bonchev–Trinajstić information content (AvgIpc) is 2.56. The molecule has 1 aliphatic rings. The molecular formula is C10H13NO2S. The summed E-state index contributed by atoms with van der Waals surface area (Å²) in [7, 11) is 0. The summed E-state index contributed by atoms with van der Waals surface area (Å²) < 4.78 is 0. The second-order valence-electron chi connectivity index (χ2n) is 3.73. The number of aromatic nitrogens is 1. The van der Waals surface area contributed by atoms with Crippen LogP contribution in [0.4, 0.5) is 0 Å². The van der Waals surface area contributed by atoms with Gasteiger partial charge in [0.05, 0.1) is 17.0 Å². The number of carbonyl (C=O) groups is 1. The van der Waals surface area contributed by atoms with Crippen LogP contribution in [-0.2, 0) is 4.79 Å². The number of carbonyl (C=O) groups excluding carboxylic acids is 1. The largest absolute Gasteiger partial charge is 0.393 e. The van der Waals surface area contributed by atoms with Crippen LogP contribution in [0.5, 0.6) is 0 Å². The molecule has 2 atom stereocenters. The van der Waals surface area contributed by atoms with Crippen molar-refractivity contribution < 1.29 is 9.90 Å². The van der Waals surface area contributed by atoms with E-state index < -0.39 is 0 Å². The zero-order chi connectivity index (χ0) is 10.1. The van der Waals surface area contributed by atoms with E-state index in [0.717, 1.165) is 9.88 Å². The first-order valence-corrected chi connectivity index (χ1v) is 5.61. The average molecular weight is 211 g/mol. The monoisotopic (exact) mass is 211 g/mol. The molecule has 0 amide bonds. The smallest absolute Gasteiger partial charge is 0.141 e. The molecule has 76 valence electrons. The summed E-state index contributed by atoms with van der Waals surface area (Å²) >= 11 is 1.56. The number of Topliss-reactive ketones (excluding diaryl/α,β-unsaturated/α-hetero) is 1. The molecule has 0 aromatic carbocycles. The standard InChI is InChI=1S/C10H13NO2S/c1-6-11-5-10(14-6)8-4-7(12)2-3-9(8)13/h5,7-8,12H,2-4H2,1H3. The Balaban J connectivity index is 2.19. The summed E-state index contributed by atoms with van der Waals surface area (Å²) in [4.78, 5) is 16.8. The van der Waals surface area contributed by atoms with E-state index in [9.17, 15) is 9.90 Å². The topological polar surface area (TPSA) is 50.2 Å². The molecule has 1 fully saturated rings. The summed E-state index contributed by atoms with van der Waals surface area (Å²) in [6.45, 7) is 1.93. The van der Waals surface area contributed by atoms with Crippen LogP contribution in [-0.4, -0.2) is 22.0 Å². The molecule has 1 aromatic rings. The Hall–Kier alpha value is -0.740. The number of hydrogen-bond acceptors (Lipinski definition) is 4. The van der Waals surface area contributed by atoms with Gasteiger partial charge in [-0.1, -0.05) is 0 Å². The number of nitrogens with zero attached hydrogens (tertiary/aromatic N) is 1. The predicted octanol–water partition coefficient (Wildman–Crippen LogP) is 1.65. The van der Waals surface area contributed by atoms with Gasteiger partial charge in [-0.05, 0) is 19.8 Å². The van der Waals surface area contributed by atoms with Crippen molar-refractivity contribution in [1.29, 1.82) is 0 Å². The van der Waals surface area contributed by atoms with E-state index in [1.165, 1.54) is 0 Å². The van der Waals surface area contributed by atoms with Gasteiger partial charge >= 0.3 is 0 Å². The molecule has 0 bridgehead atoms. The molecule has 1 N–H and O–H groups in total. The molecule has 1 heterocycles. The molecule has 4 heteroatoms. The van der Waals surface area contributed by atoms with Gasteiger partial charge in [-0.2, -0.15) is 0 Å². The van der Waals surface area contributed by atoms with Crippen LogP contribution in [0.3, 0.4) is 0 Å². The highest BCUT2D eigenvalue weighted by Gasteiger charge is 2.29. The van der Waals surface area contributed by atoms with Crippen molar-refractivity contribution in [2.24, 2.45) is 0 Å². The summed E-state index contributed by atoms with van der Waals surface area (Å²) in [5.74, 6) is 0.143. The Morgan fingerprint density at radius 1 is 1.64 bits per heavy atom. The molecule has 0 radical (unpaired) electrons. The Morgan fingerprint density at radius 3 is 3.07 bits per heavy atom. The summed E-state index contributed by atoms with van der Waals surface area (Å²) in [5.41, 5.74) is 0. The van der Waals surface area contributed by atoms with Crippen LogP contribution in [0.1, 0.15) is 35.1 Å². The van der Waals surface area contributed by atoms with Gasteiger partial charge in [0.15, 0.2) is 0 Å². The van der Waals surface area contributed by atoms with Crippen LogP contribution < -0.4 is 0 Å². The third-order valence-corrected chi connectivity index (χ3v) is 3.63. The molecule has 2 unspecified atom stereocenters. The van der Waals surface area contributed by atoms with E-state index >= 15 is 0 Å². The Morgan fingerprint density at radius 2 is 2.43 bits per heavy atom. The molecule has 14 heavy (non-hydrogen) atoms. The lowest BCUT2D eigenvalue weighted by Crippen LogP contribution is -2.25. The van der Waals surface area contributed by atoms with E-state index in [-0.39, 0.29) is 17.8 Å². The fourth-order valence-corrected chi connectivity index (χ4v) is 2.74. The SMILES string of the molecule is Cc1ncc(C2CC(O)CCC2=O)s1. The molecule has 2 rings (SSSR count). The van der Waals surface area contributed by atoms with Crippen molar-refractivity contribution in [3.8, 4) is 0 Å². The lowest BCUT2D eigenvalue weighted by molar-refractivity contribution is -0.123. The molecule has 1 aliphatic carbocycles. The molecule has 3 nitrogen and oxygen atoms in total. The van der Waals surface area contributed by atoms with Gasteiger partial charge < -0.3 is 5.11 Å². The number of aryl methyl sites for hydroxylation is 1. The van der Waals surface area contributed by atoms with Gasteiger partial charge in [0, 0.05) is 17.5 Å². The normalized spacial score (nSPS) is 28.0. The first-order valence-electron chi connectivity index (χ1n) is 4.80. The maximum atomic E-state index is 11.6. The van der Waals surface area contributed by atoms with E-state index in [4.69, 9.17) is 0 Å². The van der Waals surface area contributed by atoms with Gasteiger partial charge in [-0.15, -0.1) is 11.3 Å². The summed E-state index contributed by atoms with van der Waals surface area (Å²) in [6, 6.07) is 0. The zero-order valence-corrected chi connectivity index (χ0v) is 8.88. The van der Waals surface area contributed by atoms with E-state index in [1.807, 2.05) is 6.92 Å². The lowest BCUT2D eigenvalue weighted by atomic mass is 9.85. The number of ketones is 1. The highest BCUT2D eigenvalue weighted by atomic mass is 32.1. The zero-order valence-electron chi connectivity index (χ0n) is 8.06. The van der Waals surface area contributed by atoms with Crippen molar-refractivity contribution in [2.45, 2.75) is 38.2 Å². The molecule has 0 aliphatic heterocycles. The second kappa shape index (κ2) is 3.79. The maximum absolute atomic E-state index is 11.6. The minimum atomic E-state index is -0.319. The Bertz CT molecular complexity index is 348. The van der Waals surface area contributed by atoms with Crippen LogP contribution >= 0.6 is 11.3 Å². The van der Waals surface area contributed by atoms with Crippen LogP contribution in [0.15, 0.2) is 6.20 Å². The molecule has 1 saturated carbocycles. The van der Waals surface area contributed by atoms with Crippen molar-refractivity contribution in [3.05, 3.63) is 16.1 Å². The highest BCUT2D eigenvalue weighted by molar-refractivity contribution is 7.11. The fraction of sp³-hybridized carbons (Fsp3) is 0.600. The first kappa shape index (κ1) is 9.80. The van der Waals surface area contributed by atoms with E-state index in [0.29, 0.717) is 19.3 Å². The van der Waals surface area contributed by atoms with Gasteiger partial charge in [0.2, 0.25) is 0 Å². The van der Waals surface area contributed by atoms with Gasteiger partial charge in [-0.3, -0.25) is 4.79 Å². The Kier molecular flexibility index (Phi) is 2.65. The summed E-state index contributed by atoms with van der Waals surface area (Å²) in [6.07, 6.45) is 3.14. The van der Waals surface area contributed by atoms with Crippen LogP contribution in [0.2, 0.25) is 0 Å². The number of hydrogen-bond donors (Lipinski definition) is 1. The second-order valence-corrected chi connectivity index (χ2v) is 5.00. The van der Waals surface area contributed by atoms with E-state index in [1.54, 1.807) is 17.5 Å². The van der Waals surface area contributed by atoms with Crippen molar-refractivity contribution in [1.82, 2.24) is 4.98 Å². The quantitative estimate of drug-likeness (QED) is 0.768. The van der Waals surface area contributed by atoms with Crippen molar-refractivity contribution in [2.75, 3.05) is 0 Å². The predicted molar refractivity (Wildman–Crippen MR) is 54.5 cm³/mol. The van der Waals surface area contributed by atoms with Gasteiger partial charge in [-0.25, -0.2) is 4.98 Å².